The van der Waals surface area contributed by atoms with Gasteiger partial charge < -0.3 is 4.90 Å². The van der Waals surface area contributed by atoms with Crippen LogP contribution in [0.25, 0.3) is 44.5 Å². The summed E-state index contributed by atoms with van der Waals surface area (Å²) in [6, 6.07) is 65.6. The van der Waals surface area contributed by atoms with Crippen LogP contribution >= 0.6 is 0 Å². The second-order valence-electron chi connectivity index (χ2n) is 16.1. The van der Waals surface area contributed by atoms with Gasteiger partial charge in [-0.05, 0) is 136 Å². The molecule has 256 valence electrons. The van der Waals surface area contributed by atoms with Crippen LogP contribution in [0.5, 0.6) is 0 Å². The molecule has 0 amide bonds. The molecule has 0 saturated heterocycles. The van der Waals surface area contributed by atoms with Crippen molar-refractivity contribution in [1.29, 1.82) is 0 Å². The van der Waals surface area contributed by atoms with Crippen molar-refractivity contribution in [3.63, 3.8) is 0 Å². The van der Waals surface area contributed by atoms with Crippen LogP contribution in [0.15, 0.2) is 176 Å². The monoisotopic (exact) mass is 681 g/mol. The van der Waals surface area contributed by atoms with E-state index in [9.17, 15) is 0 Å². The third-order valence-corrected chi connectivity index (χ3v) is 13.6. The fourth-order valence-corrected chi connectivity index (χ4v) is 11.6. The van der Waals surface area contributed by atoms with Gasteiger partial charge in [0.1, 0.15) is 0 Å². The summed E-state index contributed by atoms with van der Waals surface area (Å²) in [4.78, 5) is 2.46. The largest absolute Gasteiger partial charge is 0.310 e. The van der Waals surface area contributed by atoms with Crippen molar-refractivity contribution in [2.45, 2.75) is 37.5 Å². The molecule has 11 rings (SSSR count). The SMILES string of the molecule is c1ccc(-c2ccc(N(c3cccc(-c4ccccc4)c3)c3ccccc3-c3ccc4c(c3)-c3ccccc3[C@@]43C4CCC5CC4C[C@H]3C5)cc2)cc1. The molecule has 0 aromatic heterocycles. The van der Waals surface area contributed by atoms with Crippen molar-refractivity contribution in [3.05, 3.63) is 187 Å². The number of rotatable bonds is 6. The van der Waals surface area contributed by atoms with E-state index in [1.165, 1.54) is 82.3 Å². The lowest BCUT2D eigenvalue weighted by Crippen LogP contribution is -2.36. The summed E-state index contributed by atoms with van der Waals surface area (Å²) in [5.41, 5.74) is 17.2. The summed E-state index contributed by atoms with van der Waals surface area (Å²) < 4.78 is 0. The molecule has 0 radical (unpaired) electrons. The summed E-state index contributed by atoms with van der Waals surface area (Å²) in [5, 5.41) is 0. The van der Waals surface area contributed by atoms with Crippen molar-refractivity contribution in [1.82, 2.24) is 0 Å². The van der Waals surface area contributed by atoms with Gasteiger partial charge in [0.05, 0.1) is 5.69 Å². The van der Waals surface area contributed by atoms with Crippen LogP contribution in [0, 0.1) is 23.7 Å². The zero-order chi connectivity index (χ0) is 34.9. The fourth-order valence-electron chi connectivity index (χ4n) is 11.6. The fraction of sp³-hybridized carbons (Fsp3) is 0.192. The standard InChI is InChI=1S/C52H43N/c1-3-12-36(13-4-1)38-23-26-43(27-24-38)53(44-17-11-16-39(33-44)37-14-5-2-6-15-37)51-21-10-8-18-45(51)40-25-29-50-47(34-40)46-19-7-9-20-49(46)52(50)42-31-35-22-28-48(52)41(30-35)32-42/h1-21,23-27,29,33-35,41-42,48H,22,28,30-32H2/t35?,41?,42-,48?,52-/m1/s1. The van der Waals surface area contributed by atoms with E-state index >= 15 is 0 Å². The van der Waals surface area contributed by atoms with E-state index in [-0.39, 0.29) is 5.41 Å². The molecular weight excluding hydrogens is 639 g/mol. The summed E-state index contributed by atoms with van der Waals surface area (Å²) in [6.45, 7) is 0. The number of hydrogen-bond acceptors (Lipinski definition) is 1. The zero-order valence-corrected chi connectivity index (χ0v) is 30.0. The van der Waals surface area contributed by atoms with E-state index < -0.39 is 0 Å². The first-order valence-electron chi connectivity index (χ1n) is 19.7. The average molecular weight is 682 g/mol. The predicted octanol–water partition coefficient (Wildman–Crippen LogP) is 13.9. The number of benzene rings is 7. The van der Waals surface area contributed by atoms with E-state index in [1.807, 2.05) is 0 Å². The second-order valence-corrected chi connectivity index (χ2v) is 16.1. The van der Waals surface area contributed by atoms with Gasteiger partial charge in [-0.15, -0.1) is 0 Å². The first kappa shape index (κ1) is 30.9. The highest BCUT2D eigenvalue weighted by molar-refractivity contribution is 5.92. The highest BCUT2D eigenvalue weighted by atomic mass is 15.1. The average Bonchev–Trinajstić information content (AvgIpc) is 3.60. The van der Waals surface area contributed by atoms with Gasteiger partial charge >= 0.3 is 0 Å². The number of nitrogens with zero attached hydrogens (tertiary/aromatic N) is 1. The van der Waals surface area contributed by atoms with Crippen LogP contribution in [-0.4, -0.2) is 0 Å². The molecule has 1 spiro atoms. The smallest absolute Gasteiger partial charge is 0.0540 e. The topological polar surface area (TPSA) is 3.24 Å². The van der Waals surface area contributed by atoms with Crippen molar-refractivity contribution in [2.24, 2.45) is 23.7 Å². The Labute approximate surface area is 313 Å². The highest BCUT2D eigenvalue weighted by Gasteiger charge is 2.63. The van der Waals surface area contributed by atoms with Crippen LogP contribution in [0.4, 0.5) is 17.1 Å². The Hall–Kier alpha value is -5.66. The lowest BCUT2D eigenvalue weighted by molar-refractivity contribution is 0.174. The molecule has 5 atom stereocenters. The van der Waals surface area contributed by atoms with Crippen molar-refractivity contribution >= 4 is 17.1 Å². The lowest BCUT2D eigenvalue weighted by atomic mass is 9.64. The molecular formula is C52H43N. The Bertz CT molecular complexity index is 2460. The Morgan fingerprint density at radius 1 is 0.415 bits per heavy atom. The molecule has 1 heteroatoms. The third-order valence-electron chi connectivity index (χ3n) is 13.6. The third kappa shape index (κ3) is 4.76. The number of anilines is 3. The summed E-state index contributed by atoms with van der Waals surface area (Å²) in [7, 11) is 0. The molecule has 3 unspecified atom stereocenters. The minimum absolute atomic E-state index is 0.185. The molecule has 1 nitrogen and oxygen atoms in total. The molecule has 4 aliphatic rings. The van der Waals surface area contributed by atoms with Gasteiger partial charge in [0.15, 0.2) is 0 Å². The van der Waals surface area contributed by atoms with Crippen molar-refractivity contribution < 1.29 is 0 Å². The van der Waals surface area contributed by atoms with Crippen LogP contribution in [0.1, 0.15) is 43.2 Å². The van der Waals surface area contributed by atoms with Gasteiger partial charge in [-0.1, -0.05) is 146 Å². The number of hydrogen-bond donors (Lipinski definition) is 0. The number of para-hydroxylation sites is 1. The van der Waals surface area contributed by atoms with Gasteiger partial charge in [0.25, 0.3) is 0 Å². The van der Waals surface area contributed by atoms with E-state index in [2.05, 4.69) is 181 Å². The molecule has 3 saturated carbocycles. The lowest BCUT2D eigenvalue weighted by Gasteiger charge is -2.39. The van der Waals surface area contributed by atoms with E-state index in [4.69, 9.17) is 0 Å². The first-order chi connectivity index (χ1) is 26.3. The Kier molecular flexibility index (Phi) is 7.12. The molecule has 3 bridgehead atoms. The minimum atomic E-state index is 0.185. The second kappa shape index (κ2) is 12.2. The van der Waals surface area contributed by atoms with Gasteiger partial charge in [-0.2, -0.15) is 0 Å². The van der Waals surface area contributed by atoms with Gasteiger partial charge in [-0.25, -0.2) is 0 Å². The zero-order valence-electron chi connectivity index (χ0n) is 30.0. The van der Waals surface area contributed by atoms with Crippen molar-refractivity contribution in [2.75, 3.05) is 4.90 Å². The minimum Gasteiger partial charge on any atom is -0.310 e. The van der Waals surface area contributed by atoms with Crippen LogP contribution in [0.2, 0.25) is 0 Å². The van der Waals surface area contributed by atoms with Gasteiger partial charge in [0, 0.05) is 22.4 Å². The van der Waals surface area contributed by atoms with Crippen molar-refractivity contribution in [3.8, 4) is 44.5 Å². The predicted molar refractivity (Wildman–Crippen MR) is 221 cm³/mol. The van der Waals surface area contributed by atoms with E-state index in [0.29, 0.717) is 0 Å². The van der Waals surface area contributed by atoms with Gasteiger partial charge in [-0.3, -0.25) is 0 Å². The molecule has 0 aliphatic heterocycles. The van der Waals surface area contributed by atoms with Crippen LogP contribution in [0.3, 0.4) is 0 Å². The molecule has 7 aromatic carbocycles. The Morgan fingerprint density at radius 3 is 1.87 bits per heavy atom. The summed E-state index contributed by atoms with van der Waals surface area (Å²) in [6.07, 6.45) is 7.10. The maximum atomic E-state index is 2.56. The maximum absolute atomic E-state index is 2.56. The molecule has 7 aromatic rings. The first-order valence-corrected chi connectivity index (χ1v) is 19.7. The highest BCUT2D eigenvalue weighted by Crippen LogP contribution is 2.71. The van der Waals surface area contributed by atoms with E-state index in [1.54, 1.807) is 11.1 Å². The Morgan fingerprint density at radius 2 is 1.06 bits per heavy atom. The van der Waals surface area contributed by atoms with Crippen LogP contribution < -0.4 is 4.90 Å². The normalized spacial score (nSPS) is 23.2. The molecule has 0 N–H and O–H groups in total. The quantitative estimate of drug-likeness (QED) is 0.169. The molecule has 53 heavy (non-hydrogen) atoms. The summed E-state index contributed by atoms with van der Waals surface area (Å²) in [5.74, 6) is 3.37. The van der Waals surface area contributed by atoms with Gasteiger partial charge in [0.2, 0.25) is 0 Å². The van der Waals surface area contributed by atoms with Crippen LogP contribution in [-0.2, 0) is 5.41 Å². The summed E-state index contributed by atoms with van der Waals surface area (Å²) >= 11 is 0. The molecule has 4 aliphatic carbocycles. The molecule has 3 fully saturated rings. The van der Waals surface area contributed by atoms with E-state index in [0.717, 1.165) is 35.0 Å². The molecule has 0 heterocycles. The maximum Gasteiger partial charge on any atom is 0.0540 e. The number of fused-ring (bicyclic) bond motifs is 9. The Balaban J connectivity index is 1.07.